The van der Waals surface area contributed by atoms with Gasteiger partial charge in [-0.15, -0.1) is 0 Å². The molecule has 0 bridgehead atoms. The normalized spacial score (nSPS) is 15.0. The fraction of sp³-hybridized carbons (Fsp3) is 0.353. The molecule has 1 amide bonds. The molecule has 0 spiro atoms. The average Bonchev–Trinajstić information content (AvgIpc) is 3.39. The molecule has 0 aliphatic carbocycles. The summed E-state index contributed by atoms with van der Waals surface area (Å²) in [5.41, 5.74) is 4.08. The van der Waals surface area contributed by atoms with E-state index >= 15 is 0 Å². The second-order valence-corrected chi connectivity index (χ2v) is 13.7. The van der Waals surface area contributed by atoms with E-state index in [4.69, 9.17) is 14.6 Å². The fourth-order valence-corrected chi connectivity index (χ4v) is 6.84. The Hall–Kier alpha value is -4.39. The second-order valence-electron chi connectivity index (χ2n) is 11.8. The summed E-state index contributed by atoms with van der Waals surface area (Å²) < 4.78 is 34.2. The summed E-state index contributed by atoms with van der Waals surface area (Å²) in [7, 11) is -0.429. The van der Waals surface area contributed by atoms with Gasteiger partial charge in [0.2, 0.25) is 0 Å². The van der Waals surface area contributed by atoms with Crippen molar-refractivity contribution >= 4 is 39.0 Å². The molecule has 3 aromatic carbocycles. The summed E-state index contributed by atoms with van der Waals surface area (Å²) in [5, 5.41) is 25.7. The predicted octanol–water partition coefficient (Wildman–Crippen LogP) is 3.88. The number of hydrogen-bond donors (Lipinski definition) is 4. The van der Waals surface area contributed by atoms with E-state index in [1.165, 1.54) is 11.4 Å². The van der Waals surface area contributed by atoms with Crippen LogP contribution in [-0.2, 0) is 39.1 Å². The van der Waals surface area contributed by atoms with Gasteiger partial charge in [-0.25, -0.2) is 8.42 Å². The minimum Gasteiger partial charge on any atom is -0.497 e. The van der Waals surface area contributed by atoms with E-state index in [2.05, 4.69) is 10.6 Å². The maximum Gasteiger partial charge on any atom is 0.290 e. The number of aliphatic hydroxyl groups excluding tert-OH is 1. The topological polar surface area (TPSA) is 150 Å². The maximum atomic E-state index is 13.8. The van der Waals surface area contributed by atoms with Gasteiger partial charge in [-0.05, 0) is 67.6 Å². The van der Waals surface area contributed by atoms with Crippen LogP contribution in [0.2, 0.25) is 0 Å². The van der Waals surface area contributed by atoms with Gasteiger partial charge in [-0.3, -0.25) is 13.9 Å². The van der Waals surface area contributed by atoms with Crippen molar-refractivity contribution in [2.24, 2.45) is 0 Å². The number of carboxylic acid groups (broad SMARTS) is 1. The van der Waals surface area contributed by atoms with E-state index in [1.807, 2.05) is 87.6 Å². The highest BCUT2D eigenvalue weighted by Gasteiger charge is 2.32. The zero-order valence-electron chi connectivity index (χ0n) is 26.7. The molecule has 246 valence electrons. The number of methoxy groups -OCH3 is 1. The van der Waals surface area contributed by atoms with E-state index in [0.29, 0.717) is 24.1 Å². The SMILES string of the molecule is CCc1cn2c3c(cc(C(=O)N[C@@H](Cc4ccccc4)[C@H](O)CNC(C)(C)c4cccc(OC)c4)cc13)N(C)S(=O)(=O)C2.O=CO. The Morgan fingerprint density at radius 1 is 1.11 bits per heavy atom. The Labute approximate surface area is 269 Å². The monoisotopic (exact) mass is 650 g/mol. The van der Waals surface area contributed by atoms with Gasteiger partial charge in [0, 0.05) is 36.3 Å². The first kappa shape index (κ1) is 34.5. The lowest BCUT2D eigenvalue weighted by molar-refractivity contribution is -0.122. The Morgan fingerprint density at radius 2 is 1.80 bits per heavy atom. The molecule has 1 aliphatic heterocycles. The van der Waals surface area contributed by atoms with Gasteiger partial charge in [0.15, 0.2) is 0 Å². The van der Waals surface area contributed by atoms with Crippen molar-refractivity contribution in [2.45, 2.75) is 57.2 Å². The Kier molecular flexibility index (Phi) is 10.8. The van der Waals surface area contributed by atoms with Gasteiger partial charge in [0.05, 0.1) is 30.5 Å². The van der Waals surface area contributed by atoms with Crippen molar-refractivity contribution in [3.05, 3.63) is 95.2 Å². The predicted molar refractivity (Wildman–Crippen MR) is 179 cm³/mol. The molecule has 11 nitrogen and oxygen atoms in total. The number of carbonyl (C=O) groups is 2. The van der Waals surface area contributed by atoms with Crippen molar-refractivity contribution in [1.29, 1.82) is 0 Å². The van der Waals surface area contributed by atoms with Gasteiger partial charge in [0.25, 0.3) is 22.4 Å². The number of rotatable bonds is 11. The standard InChI is InChI=1S/C33H40N4O5S.CH2O2/c1-6-23-20-37-21-43(40,41)36(4)29-17-24(16-27(23)31(29)37)32(39)35-28(15-22-11-8-7-9-12-22)30(38)19-34-33(2,3)25-13-10-14-26(18-25)42-5;2-1-3/h7-14,16-18,20,28,30,34,38H,6,15,19,21H2,1-5H3,(H,35,39);1H,(H,2,3)/t28-,30+;/m0./s1. The van der Waals surface area contributed by atoms with E-state index in [0.717, 1.165) is 33.3 Å². The molecule has 0 radical (unpaired) electrons. The highest BCUT2D eigenvalue weighted by molar-refractivity contribution is 7.91. The molecule has 4 N–H and O–H groups in total. The number of aryl methyl sites for hydroxylation is 1. The van der Waals surface area contributed by atoms with Gasteiger partial charge < -0.3 is 30.2 Å². The molecule has 0 saturated carbocycles. The Balaban J connectivity index is 0.00000154. The summed E-state index contributed by atoms with van der Waals surface area (Å²) in [5.74, 6) is 0.234. The van der Waals surface area contributed by atoms with Crippen molar-refractivity contribution in [3.8, 4) is 5.75 Å². The zero-order chi connectivity index (χ0) is 33.6. The van der Waals surface area contributed by atoms with E-state index in [-0.39, 0.29) is 24.8 Å². The van der Waals surface area contributed by atoms with Crippen LogP contribution in [0.3, 0.4) is 0 Å². The van der Waals surface area contributed by atoms with Crippen LogP contribution in [0.5, 0.6) is 5.75 Å². The first-order valence-electron chi connectivity index (χ1n) is 15.0. The van der Waals surface area contributed by atoms with Crippen LogP contribution in [0.25, 0.3) is 10.9 Å². The van der Waals surface area contributed by atoms with Gasteiger partial charge in [0.1, 0.15) is 11.6 Å². The number of anilines is 1. The fourth-order valence-electron chi connectivity index (χ4n) is 5.67. The summed E-state index contributed by atoms with van der Waals surface area (Å²) >= 11 is 0. The third kappa shape index (κ3) is 7.52. The summed E-state index contributed by atoms with van der Waals surface area (Å²) in [4.78, 5) is 22.2. The van der Waals surface area contributed by atoms with Crippen LogP contribution in [0.1, 0.15) is 47.8 Å². The number of sulfonamides is 1. The summed E-state index contributed by atoms with van der Waals surface area (Å²) in [6.45, 7) is 6.04. The largest absolute Gasteiger partial charge is 0.497 e. The van der Waals surface area contributed by atoms with Gasteiger partial charge >= 0.3 is 0 Å². The molecule has 4 aromatic rings. The molecule has 2 heterocycles. The minimum absolute atomic E-state index is 0.136. The van der Waals surface area contributed by atoms with E-state index in [9.17, 15) is 18.3 Å². The van der Waals surface area contributed by atoms with Crippen molar-refractivity contribution < 1.29 is 33.0 Å². The lowest BCUT2D eigenvalue weighted by atomic mass is 9.93. The number of ether oxygens (including phenoxy) is 1. The number of nitrogens with zero attached hydrogens (tertiary/aromatic N) is 2. The smallest absolute Gasteiger partial charge is 0.290 e. The second kappa shape index (κ2) is 14.4. The first-order valence-corrected chi connectivity index (χ1v) is 16.6. The molecule has 2 atom stereocenters. The van der Waals surface area contributed by atoms with Crippen LogP contribution in [-0.4, -0.2) is 68.4 Å². The Morgan fingerprint density at radius 3 is 2.46 bits per heavy atom. The number of amides is 1. The maximum absolute atomic E-state index is 13.8. The molecule has 0 unspecified atom stereocenters. The van der Waals surface area contributed by atoms with E-state index in [1.54, 1.807) is 17.7 Å². The lowest BCUT2D eigenvalue weighted by Gasteiger charge is -2.31. The zero-order valence-corrected chi connectivity index (χ0v) is 27.5. The average molecular weight is 651 g/mol. The number of nitrogens with one attached hydrogen (secondary N) is 2. The number of benzene rings is 3. The molecule has 46 heavy (non-hydrogen) atoms. The van der Waals surface area contributed by atoms with Crippen LogP contribution in [0, 0.1) is 0 Å². The number of carbonyl (C=O) groups excluding carboxylic acids is 1. The molecular formula is C34H42N4O7S. The lowest BCUT2D eigenvalue weighted by Crippen LogP contribution is -2.51. The highest BCUT2D eigenvalue weighted by atomic mass is 32.2. The third-order valence-electron chi connectivity index (χ3n) is 8.36. The van der Waals surface area contributed by atoms with Crippen molar-refractivity contribution in [3.63, 3.8) is 0 Å². The third-order valence-corrected chi connectivity index (χ3v) is 10.00. The summed E-state index contributed by atoms with van der Waals surface area (Å²) in [6, 6.07) is 20.3. The quantitative estimate of drug-likeness (QED) is 0.179. The number of aromatic nitrogens is 1. The molecule has 12 heteroatoms. The van der Waals surface area contributed by atoms with E-state index < -0.39 is 27.7 Å². The van der Waals surface area contributed by atoms with Gasteiger partial charge in [-0.2, -0.15) is 0 Å². The number of aliphatic hydroxyl groups is 1. The molecule has 1 aliphatic rings. The molecule has 0 fully saturated rings. The number of hydrogen-bond acceptors (Lipinski definition) is 7. The van der Waals surface area contributed by atoms with Crippen LogP contribution >= 0.6 is 0 Å². The molecular weight excluding hydrogens is 608 g/mol. The van der Waals surface area contributed by atoms with Crippen LogP contribution < -0.4 is 19.7 Å². The van der Waals surface area contributed by atoms with Crippen LogP contribution in [0.15, 0.2) is 72.9 Å². The highest BCUT2D eigenvalue weighted by Crippen LogP contribution is 2.37. The Bertz CT molecular complexity index is 1790. The van der Waals surface area contributed by atoms with Crippen molar-refractivity contribution in [1.82, 2.24) is 15.2 Å². The summed E-state index contributed by atoms with van der Waals surface area (Å²) in [6.07, 6.45) is 2.04. The molecule has 5 rings (SSSR count). The van der Waals surface area contributed by atoms with Crippen molar-refractivity contribution in [2.75, 3.05) is 25.0 Å². The first-order chi connectivity index (χ1) is 21.8. The molecule has 1 aromatic heterocycles. The van der Waals surface area contributed by atoms with Gasteiger partial charge in [-0.1, -0.05) is 49.4 Å². The minimum atomic E-state index is -3.58. The molecule has 0 saturated heterocycles. The van der Waals surface area contributed by atoms with Crippen LogP contribution in [0.4, 0.5) is 5.69 Å².